The maximum absolute atomic E-state index is 13.5. The van der Waals surface area contributed by atoms with Crippen molar-refractivity contribution in [2.24, 2.45) is 11.7 Å². The number of hydrogen-bond acceptors (Lipinski definition) is 2. The second-order valence-corrected chi connectivity index (χ2v) is 4.01. The first kappa shape index (κ1) is 9.93. The normalized spacial score (nSPS) is 25.2. The van der Waals surface area contributed by atoms with Crippen LogP contribution in [-0.4, -0.2) is 25.3 Å². The van der Waals surface area contributed by atoms with Crippen molar-refractivity contribution in [2.75, 3.05) is 19.6 Å². The third kappa shape index (κ3) is 3.07. The minimum atomic E-state index is -1.15. The molecule has 0 amide bonds. The fourth-order valence-electron chi connectivity index (χ4n) is 1.77. The molecule has 72 valence electrons. The topological polar surface area (TPSA) is 38.0 Å². The van der Waals surface area contributed by atoms with E-state index in [0.717, 1.165) is 25.9 Å². The molecule has 1 rings (SSSR count). The molecule has 1 saturated heterocycles. The Morgan fingerprint density at radius 3 is 2.58 bits per heavy atom. The molecule has 0 spiro atoms. The Labute approximate surface area is 73.7 Å². The molecule has 1 heterocycles. The molecule has 0 saturated carbocycles. The number of nitrogens with two attached hydrogens (primary N) is 1. The van der Waals surface area contributed by atoms with Crippen molar-refractivity contribution >= 4 is 0 Å². The molecular weight excluding hydrogens is 155 g/mol. The Bertz CT molecular complexity index is 130. The largest absolute Gasteiger partial charge is 0.328 e. The van der Waals surface area contributed by atoms with Crippen LogP contribution in [0.4, 0.5) is 4.39 Å². The van der Waals surface area contributed by atoms with E-state index in [4.69, 9.17) is 5.73 Å². The Balaban J connectivity index is 2.28. The Morgan fingerprint density at radius 2 is 2.08 bits per heavy atom. The van der Waals surface area contributed by atoms with Crippen molar-refractivity contribution in [2.45, 2.75) is 31.9 Å². The minimum Gasteiger partial charge on any atom is -0.328 e. The summed E-state index contributed by atoms with van der Waals surface area (Å²) in [5, 5.41) is 3.26. The van der Waals surface area contributed by atoms with Crippen molar-refractivity contribution in [3.05, 3.63) is 0 Å². The third-order valence-corrected chi connectivity index (χ3v) is 2.60. The van der Waals surface area contributed by atoms with Crippen LogP contribution in [0.3, 0.4) is 0 Å². The summed E-state index contributed by atoms with van der Waals surface area (Å²) in [7, 11) is 0. The summed E-state index contributed by atoms with van der Waals surface area (Å²) < 4.78 is 13.5. The van der Waals surface area contributed by atoms with Gasteiger partial charge >= 0.3 is 0 Å². The van der Waals surface area contributed by atoms with Gasteiger partial charge in [0.15, 0.2) is 0 Å². The van der Waals surface area contributed by atoms with Gasteiger partial charge in [-0.05, 0) is 45.2 Å². The van der Waals surface area contributed by atoms with Crippen LogP contribution in [0.2, 0.25) is 0 Å². The summed E-state index contributed by atoms with van der Waals surface area (Å²) in [6, 6.07) is 0. The molecule has 1 aliphatic rings. The van der Waals surface area contributed by atoms with Gasteiger partial charge in [-0.1, -0.05) is 0 Å². The fourth-order valence-corrected chi connectivity index (χ4v) is 1.77. The van der Waals surface area contributed by atoms with Gasteiger partial charge in [-0.3, -0.25) is 0 Å². The van der Waals surface area contributed by atoms with E-state index in [1.807, 2.05) is 0 Å². The van der Waals surface area contributed by atoms with Crippen LogP contribution in [0, 0.1) is 5.92 Å². The minimum absolute atomic E-state index is 0.150. The lowest BCUT2D eigenvalue weighted by Crippen LogP contribution is -2.36. The van der Waals surface area contributed by atoms with Crippen LogP contribution in [0.1, 0.15) is 26.2 Å². The molecule has 12 heavy (non-hydrogen) atoms. The molecule has 0 bridgehead atoms. The molecule has 1 aliphatic heterocycles. The SMILES string of the molecule is CC(F)(CN)CC1CCNCC1. The number of rotatable bonds is 3. The smallest absolute Gasteiger partial charge is 0.120 e. The van der Waals surface area contributed by atoms with Gasteiger partial charge in [-0.25, -0.2) is 4.39 Å². The van der Waals surface area contributed by atoms with E-state index in [0.29, 0.717) is 12.3 Å². The van der Waals surface area contributed by atoms with E-state index in [1.165, 1.54) is 0 Å². The van der Waals surface area contributed by atoms with E-state index >= 15 is 0 Å². The lowest BCUT2D eigenvalue weighted by Gasteiger charge is -2.28. The zero-order valence-corrected chi connectivity index (χ0v) is 7.78. The summed E-state index contributed by atoms with van der Waals surface area (Å²) in [4.78, 5) is 0. The molecule has 2 nitrogen and oxygen atoms in total. The molecule has 3 N–H and O–H groups in total. The molecule has 0 aromatic rings. The third-order valence-electron chi connectivity index (χ3n) is 2.60. The molecule has 1 atom stereocenters. The van der Waals surface area contributed by atoms with Gasteiger partial charge in [-0.2, -0.15) is 0 Å². The highest BCUT2D eigenvalue weighted by Gasteiger charge is 2.26. The first-order valence-corrected chi connectivity index (χ1v) is 4.74. The van der Waals surface area contributed by atoms with Crippen LogP contribution >= 0.6 is 0 Å². The van der Waals surface area contributed by atoms with E-state index in [9.17, 15) is 4.39 Å². The number of piperidine rings is 1. The van der Waals surface area contributed by atoms with Gasteiger partial charge in [-0.15, -0.1) is 0 Å². The van der Waals surface area contributed by atoms with Crippen LogP contribution < -0.4 is 11.1 Å². The summed E-state index contributed by atoms with van der Waals surface area (Å²) in [6.07, 6.45) is 2.82. The van der Waals surface area contributed by atoms with Gasteiger partial charge < -0.3 is 11.1 Å². The molecule has 0 aromatic carbocycles. The van der Waals surface area contributed by atoms with E-state index < -0.39 is 5.67 Å². The maximum Gasteiger partial charge on any atom is 0.120 e. The number of nitrogens with one attached hydrogen (secondary N) is 1. The highest BCUT2D eigenvalue weighted by Crippen LogP contribution is 2.25. The van der Waals surface area contributed by atoms with Crippen molar-refractivity contribution in [1.82, 2.24) is 5.32 Å². The molecule has 1 unspecified atom stereocenters. The monoisotopic (exact) mass is 174 g/mol. The van der Waals surface area contributed by atoms with Crippen LogP contribution in [-0.2, 0) is 0 Å². The van der Waals surface area contributed by atoms with Gasteiger partial charge in [0, 0.05) is 6.54 Å². The quantitative estimate of drug-likeness (QED) is 0.671. The fraction of sp³-hybridized carbons (Fsp3) is 1.00. The Morgan fingerprint density at radius 1 is 1.50 bits per heavy atom. The molecule has 3 heteroatoms. The summed E-state index contributed by atoms with van der Waals surface area (Å²) in [5.74, 6) is 0.532. The highest BCUT2D eigenvalue weighted by molar-refractivity contribution is 4.80. The molecular formula is C9H19FN2. The van der Waals surface area contributed by atoms with Gasteiger partial charge in [0.2, 0.25) is 0 Å². The van der Waals surface area contributed by atoms with Gasteiger partial charge in [0.1, 0.15) is 5.67 Å². The molecule has 0 radical (unpaired) electrons. The predicted octanol–water partition coefficient (Wildman–Crippen LogP) is 1.06. The summed E-state index contributed by atoms with van der Waals surface area (Å²) in [6.45, 7) is 3.82. The summed E-state index contributed by atoms with van der Waals surface area (Å²) >= 11 is 0. The van der Waals surface area contributed by atoms with Crippen molar-refractivity contribution in [3.63, 3.8) is 0 Å². The predicted molar refractivity (Wildman–Crippen MR) is 48.8 cm³/mol. The molecule has 0 aromatic heterocycles. The lowest BCUT2D eigenvalue weighted by atomic mass is 9.87. The first-order chi connectivity index (χ1) is 5.64. The lowest BCUT2D eigenvalue weighted by molar-refractivity contribution is 0.141. The van der Waals surface area contributed by atoms with Crippen molar-refractivity contribution in [1.29, 1.82) is 0 Å². The average molecular weight is 174 g/mol. The van der Waals surface area contributed by atoms with Gasteiger partial charge in [0.25, 0.3) is 0 Å². The maximum atomic E-state index is 13.5. The average Bonchev–Trinajstić information content (AvgIpc) is 2.06. The molecule has 0 aliphatic carbocycles. The van der Waals surface area contributed by atoms with Crippen molar-refractivity contribution < 1.29 is 4.39 Å². The van der Waals surface area contributed by atoms with Gasteiger partial charge in [0.05, 0.1) is 0 Å². The second kappa shape index (κ2) is 4.19. The Hall–Kier alpha value is -0.150. The number of alkyl halides is 1. The standard InChI is InChI=1S/C9H19FN2/c1-9(10,7-11)6-8-2-4-12-5-3-8/h8,12H,2-7,11H2,1H3. The number of halogens is 1. The summed E-state index contributed by atoms with van der Waals surface area (Å²) in [5.41, 5.74) is 4.18. The van der Waals surface area contributed by atoms with E-state index in [2.05, 4.69) is 5.32 Å². The highest BCUT2D eigenvalue weighted by atomic mass is 19.1. The van der Waals surface area contributed by atoms with E-state index in [1.54, 1.807) is 6.92 Å². The molecule has 1 fully saturated rings. The number of hydrogen-bond donors (Lipinski definition) is 2. The Kier molecular flexibility index (Phi) is 3.47. The van der Waals surface area contributed by atoms with Crippen LogP contribution in [0.25, 0.3) is 0 Å². The zero-order chi connectivity index (χ0) is 9.03. The van der Waals surface area contributed by atoms with Crippen molar-refractivity contribution in [3.8, 4) is 0 Å². The first-order valence-electron chi connectivity index (χ1n) is 4.74. The zero-order valence-electron chi connectivity index (χ0n) is 7.78. The van der Waals surface area contributed by atoms with E-state index in [-0.39, 0.29) is 6.54 Å². The van der Waals surface area contributed by atoms with Crippen LogP contribution in [0.5, 0.6) is 0 Å². The van der Waals surface area contributed by atoms with Crippen LogP contribution in [0.15, 0.2) is 0 Å². The second-order valence-electron chi connectivity index (χ2n) is 4.01.